The van der Waals surface area contributed by atoms with Gasteiger partial charge in [0.2, 0.25) is 0 Å². The second-order valence-electron chi connectivity index (χ2n) is 5.19. The highest BCUT2D eigenvalue weighted by atomic mass is 14.7. The topological polar surface area (TPSA) is 17.2 Å². The van der Waals surface area contributed by atoms with Gasteiger partial charge < -0.3 is 0 Å². The van der Waals surface area contributed by atoms with Crippen LogP contribution in [0.1, 0.15) is 0 Å². The zero-order valence-corrected chi connectivity index (χ0v) is 11.8. The maximum Gasteiger partial charge on any atom is 0.188 e. The monoisotopic (exact) mass is 280 g/mol. The van der Waals surface area contributed by atoms with E-state index in [0.717, 1.165) is 32.9 Å². The molecule has 102 valence electrons. The third kappa shape index (κ3) is 1.92. The van der Waals surface area contributed by atoms with Gasteiger partial charge in [-0.2, -0.15) is 0 Å². The first kappa shape index (κ1) is 12.6. The summed E-state index contributed by atoms with van der Waals surface area (Å²) in [5, 5.41) is 3.28. The van der Waals surface area contributed by atoms with Gasteiger partial charge in [-0.1, -0.05) is 60.7 Å². The van der Waals surface area contributed by atoms with Gasteiger partial charge in [-0.3, -0.25) is 0 Å². The van der Waals surface area contributed by atoms with Gasteiger partial charge in [-0.05, 0) is 22.9 Å². The fourth-order valence-electron chi connectivity index (χ4n) is 2.83. The highest BCUT2D eigenvalue weighted by Gasteiger charge is 2.10. The van der Waals surface area contributed by atoms with Crippen molar-refractivity contribution < 1.29 is 0 Å². The smallest absolute Gasteiger partial charge is 0.188 e. The Hall–Kier alpha value is -3.18. The summed E-state index contributed by atoms with van der Waals surface area (Å²) in [6.07, 6.45) is 0. The minimum absolute atomic E-state index is 0.645. The zero-order valence-electron chi connectivity index (χ0n) is 11.8. The van der Waals surface area contributed by atoms with Crippen molar-refractivity contribution in [2.75, 3.05) is 0 Å². The molecule has 1 aromatic heterocycles. The first-order valence-electron chi connectivity index (χ1n) is 7.12. The molecular weight excluding hydrogens is 268 g/mol. The number of hydrogen-bond acceptors (Lipinski definition) is 1. The number of nitrogens with zero attached hydrogens (tertiary/aromatic N) is 2. The van der Waals surface area contributed by atoms with Gasteiger partial charge in [0.25, 0.3) is 0 Å². The van der Waals surface area contributed by atoms with Crippen LogP contribution in [-0.4, -0.2) is 4.98 Å². The van der Waals surface area contributed by atoms with Crippen LogP contribution in [0.5, 0.6) is 0 Å². The standard InChI is InChI=1S/C20H12N2/c1-21-15-11-12-19-18(13-15)16-9-5-6-10-17(16)20(22-19)14-7-3-2-4-8-14/h2-13H. The van der Waals surface area contributed by atoms with Gasteiger partial charge in [0.15, 0.2) is 5.69 Å². The van der Waals surface area contributed by atoms with E-state index in [0.29, 0.717) is 5.69 Å². The number of rotatable bonds is 1. The van der Waals surface area contributed by atoms with Gasteiger partial charge in [0.1, 0.15) is 0 Å². The lowest BCUT2D eigenvalue weighted by molar-refractivity contribution is 1.43. The molecule has 0 spiro atoms. The summed E-state index contributed by atoms with van der Waals surface area (Å²) in [5.41, 5.74) is 3.66. The molecule has 0 saturated heterocycles. The van der Waals surface area contributed by atoms with Crippen molar-refractivity contribution in [1.82, 2.24) is 4.98 Å². The number of fused-ring (bicyclic) bond motifs is 3. The Kier molecular flexibility index (Phi) is 2.84. The van der Waals surface area contributed by atoms with E-state index < -0.39 is 0 Å². The molecule has 0 saturated carbocycles. The molecule has 0 radical (unpaired) electrons. The molecule has 0 atom stereocenters. The molecule has 2 nitrogen and oxygen atoms in total. The van der Waals surface area contributed by atoms with Crippen LogP contribution in [0.15, 0.2) is 72.8 Å². The van der Waals surface area contributed by atoms with Gasteiger partial charge in [0, 0.05) is 10.9 Å². The van der Waals surface area contributed by atoms with Crippen molar-refractivity contribution in [3.05, 3.63) is 84.2 Å². The summed E-state index contributed by atoms with van der Waals surface area (Å²) in [4.78, 5) is 8.38. The largest absolute Gasteiger partial charge is 0.247 e. The molecule has 0 amide bonds. The third-order valence-electron chi connectivity index (χ3n) is 3.86. The van der Waals surface area contributed by atoms with Crippen LogP contribution >= 0.6 is 0 Å². The van der Waals surface area contributed by atoms with Gasteiger partial charge >= 0.3 is 0 Å². The molecule has 4 aromatic rings. The quantitative estimate of drug-likeness (QED) is 0.327. The Balaban J connectivity index is 2.16. The van der Waals surface area contributed by atoms with E-state index >= 15 is 0 Å². The SMILES string of the molecule is [C-]#[N+]c1ccc2nc(-c3ccccc3)c3ccccc3c2c1. The molecule has 0 aliphatic rings. The Morgan fingerprint density at radius 1 is 0.727 bits per heavy atom. The molecule has 22 heavy (non-hydrogen) atoms. The van der Waals surface area contributed by atoms with Crippen molar-refractivity contribution in [3.63, 3.8) is 0 Å². The second-order valence-corrected chi connectivity index (χ2v) is 5.19. The summed E-state index contributed by atoms with van der Waals surface area (Å²) >= 11 is 0. The molecule has 2 heteroatoms. The minimum Gasteiger partial charge on any atom is -0.247 e. The van der Waals surface area contributed by atoms with Gasteiger partial charge in [-0.15, -0.1) is 0 Å². The predicted molar refractivity (Wildman–Crippen MR) is 90.9 cm³/mol. The maximum atomic E-state index is 7.21. The predicted octanol–water partition coefficient (Wildman–Crippen LogP) is 5.61. The molecular formula is C20H12N2. The molecule has 0 aliphatic heterocycles. The summed E-state index contributed by atoms with van der Waals surface area (Å²) < 4.78 is 0. The lowest BCUT2D eigenvalue weighted by atomic mass is 10.00. The van der Waals surface area contributed by atoms with Crippen molar-refractivity contribution in [1.29, 1.82) is 0 Å². The van der Waals surface area contributed by atoms with E-state index in [1.165, 1.54) is 0 Å². The number of benzene rings is 3. The normalized spacial score (nSPS) is 10.7. The van der Waals surface area contributed by atoms with E-state index in [2.05, 4.69) is 29.1 Å². The van der Waals surface area contributed by atoms with E-state index in [1.807, 2.05) is 48.5 Å². The van der Waals surface area contributed by atoms with Gasteiger partial charge in [0.05, 0.1) is 17.8 Å². The number of aromatic nitrogens is 1. The maximum absolute atomic E-state index is 7.21. The van der Waals surface area contributed by atoms with Crippen LogP contribution in [0.3, 0.4) is 0 Å². The molecule has 0 aliphatic carbocycles. The fourth-order valence-corrected chi connectivity index (χ4v) is 2.83. The van der Waals surface area contributed by atoms with Crippen LogP contribution in [0.2, 0.25) is 0 Å². The van der Waals surface area contributed by atoms with Crippen LogP contribution in [0.25, 0.3) is 37.8 Å². The third-order valence-corrected chi connectivity index (χ3v) is 3.86. The molecule has 0 fully saturated rings. The molecule has 0 bridgehead atoms. The summed E-state index contributed by atoms with van der Waals surface area (Å²) in [6, 6.07) is 24.1. The minimum atomic E-state index is 0.645. The lowest BCUT2D eigenvalue weighted by Crippen LogP contribution is -1.89. The van der Waals surface area contributed by atoms with Gasteiger partial charge in [-0.25, -0.2) is 9.83 Å². The highest BCUT2D eigenvalue weighted by Crippen LogP contribution is 2.33. The molecule has 0 N–H and O–H groups in total. The molecule has 1 heterocycles. The van der Waals surface area contributed by atoms with Crippen LogP contribution in [-0.2, 0) is 0 Å². The van der Waals surface area contributed by atoms with Crippen molar-refractivity contribution in [2.24, 2.45) is 0 Å². The Morgan fingerprint density at radius 2 is 1.45 bits per heavy atom. The van der Waals surface area contributed by atoms with E-state index in [1.54, 1.807) is 0 Å². The average molecular weight is 280 g/mol. The van der Waals surface area contributed by atoms with E-state index in [9.17, 15) is 0 Å². The van der Waals surface area contributed by atoms with Crippen LogP contribution in [0, 0.1) is 6.57 Å². The lowest BCUT2D eigenvalue weighted by Gasteiger charge is -2.10. The second kappa shape index (κ2) is 4.98. The average Bonchev–Trinajstić information content (AvgIpc) is 2.61. The Morgan fingerprint density at radius 3 is 2.23 bits per heavy atom. The molecule has 0 unspecified atom stereocenters. The number of pyridine rings is 1. The summed E-state index contributed by atoms with van der Waals surface area (Å²) in [5.74, 6) is 0. The summed E-state index contributed by atoms with van der Waals surface area (Å²) in [7, 11) is 0. The summed E-state index contributed by atoms with van der Waals surface area (Å²) in [6.45, 7) is 7.21. The Labute approximate surface area is 128 Å². The van der Waals surface area contributed by atoms with Crippen molar-refractivity contribution in [2.45, 2.75) is 0 Å². The first-order chi connectivity index (χ1) is 10.9. The van der Waals surface area contributed by atoms with Crippen molar-refractivity contribution >= 4 is 27.4 Å². The molecule has 3 aromatic carbocycles. The van der Waals surface area contributed by atoms with Crippen LogP contribution < -0.4 is 0 Å². The van der Waals surface area contributed by atoms with E-state index in [-0.39, 0.29) is 0 Å². The van der Waals surface area contributed by atoms with E-state index in [4.69, 9.17) is 11.6 Å². The highest BCUT2D eigenvalue weighted by molar-refractivity contribution is 6.11. The molecule has 4 rings (SSSR count). The fraction of sp³-hybridized carbons (Fsp3) is 0. The Bertz CT molecular complexity index is 1030. The van der Waals surface area contributed by atoms with Crippen molar-refractivity contribution in [3.8, 4) is 11.3 Å². The number of hydrogen-bond donors (Lipinski definition) is 0. The first-order valence-corrected chi connectivity index (χ1v) is 7.12. The zero-order chi connectivity index (χ0) is 14.9. The van der Waals surface area contributed by atoms with Crippen LogP contribution in [0.4, 0.5) is 5.69 Å².